The number of esters is 1. The topological polar surface area (TPSA) is 116 Å². The third kappa shape index (κ3) is 3.59. The van der Waals surface area contributed by atoms with Crippen LogP contribution in [-0.4, -0.2) is 48.4 Å². The van der Waals surface area contributed by atoms with Crippen LogP contribution in [0.15, 0.2) is 47.5 Å². The Balaban J connectivity index is 2.47. The van der Waals surface area contributed by atoms with Gasteiger partial charge in [-0.15, -0.1) is 0 Å². The van der Waals surface area contributed by atoms with Gasteiger partial charge < -0.3 is 9.84 Å². The summed E-state index contributed by atoms with van der Waals surface area (Å²) in [6.45, 7) is 1.49. The Morgan fingerprint density at radius 3 is 2.27 bits per heavy atom. The lowest BCUT2D eigenvalue weighted by Gasteiger charge is -2.18. The first-order valence-electron chi connectivity index (χ1n) is 8.85. The number of ketones is 1. The highest BCUT2D eigenvalue weighted by Gasteiger charge is 2.31. The van der Waals surface area contributed by atoms with Crippen LogP contribution < -0.4 is 0 Å². The SMILES string of the molecule is COC(=O)c1c(C)c(C(=O)c2ccccc2)cc(-c2cnn(C)c2O)c1S(C)(=O)=O. The second kappa shape index (κ2) is 7.75. The maximum atomic E-state index is 13.2. The summed E-state index contributed by atoms with van der Waals surface area (Å²) in [7, 11) is -1.36. The van der Waals surface area contributed by atoms with Gasteiger partial charge in [-0.2, -0.15) is 5.10 Å². The molecule has 0 aliphatic heterocycles. The van der Waals surface area contributed by atoms with Crippen molar-refractivity contribution in [2.75, 3.05) is 13.4 Å². The molecule has 0 amide bonds. The molecule has 1 aromatic heterocycles. The summed E-state index contributed by atoms with van der Waals surface area (Å²) < 4.78 is 31.3. The van der Waals surface area contributed by atoms with Crippen molar-refractivity contribution in [1.82, 2.24) is 9.78 Å². The van der Waals surface area contributed by atoms with Gasteiger partial charge in [0.25, 0.3) is 0 Å². The molecule has 0 aliphatic carbocycles. The van der Waals surface area contributed by atoms with E-state index in [2.05, 4.69) is 5.10 Å². The monoisotopic (exact) mass is 428 g/mol. The van der Waals surface area contributed by atoms with Gasteiger partial charge in [0, 0.05) is 30.0 Å². The molecule has 0 spiro atoms. The standard InChI is InChI=1S/C21H20N2O6S/c1-12-14(18(24)13-8-6-5-7-9-13)10-15(16-11-22-23(2)20(16)25)19(30(4,27)28)17(12)21(26)29-3/h5-11,25H,1-4H3. The van der Waals surface area contributed by atoms with Crippen LogP contribution in [0.25, 0.3) is 11.1 Å². The quantitative estimate of drug-likeness (QED) is 0.490. The van der Waals surface area contributed by atoms with Crippen molar-refractivity contribution in [1.29, 1.82) is 0 Å². The number of carbonyl (C=O) groups excluding carboxylic acids is 2. The predicted molar refractivity (Wildman–Crippen MR) is 109 cm³/mol. The molecule has 0 bridgehead atoms. The number of benzene rings is 2. The number of nitrogens with zero attached hydrogens (tertiary/aromatic N) is 2. The second-order valence-corrected chi connectivity index (χ2v) is 8.72. The molecule has 30 heavy (non-hydrogen) atoms. The van der Waals surface area contributed by atoms with E-state index in [0.29, 0.717) is 5.56 Å². The minimum absolute atomic E-state index is 0.00613. The summed E-state index contributed by atoms with van der Waals surface area (Å²) in [5, 5.41) is 14.3. The Hall–Kier alpha value is -3.46. The normalized spacial score (nSPS) is 11.3. The minimum Gasteiger partial charge on any atom is -0.493 e. The molecule has 0 fully saturated rings. The number of rotatable bonds is 5. The molecule has 0 radical (unpaired) electrons. The van der Waals surface area contributed by atoms with E-state index in [1.165, 1.54) is 26.2 Å². The highest BCUT2D eigenvalue weighted by atomic mass is 32.2. The maximum Gasteiger partial charge on any atom is 0.339 e. The van der Waals surface area contributed by atoms with Crippen LogP contribution in [-0.2, 0) is 21.6 Å². The summed E-state index contributed by atoms with van der Waals surface area (Å²) >= 11 is 0. The number of carbonyl (C=O) groups is 2. The van der Waals surface area contributed by atoms with Gasteiger partial charge in [0.15, 0.2) is 15.6 Å². The second-order valence-electron chi connectivity index (χ2n) is 6.77. The van der Waals surface area contributed by atoms with E-state index in [4.69, 9.17) is 4.74 Å². The number of aryl methyl sites for hydroxylation is 1. The first-order valence-corrected chi connectivity index (χ1v) is 10.7. The molecule has 2 aromatic carbocycles. The summed E-state index contributed by atoms with van der Waals surface area (Å²) in [6.07, 6.45) is 2.22. The minimum atomic E-state index is -3.96. The molecule has 0 saturated heterocycles. The summed E-state index contributed by atoms with van der Waals surface area (Å²) in [5.74, 6) is -1.61. The van der Waals surface area contributed by atoms with Gasteiger partial charge in [-0.25, -0.2) is 17.9 Å². The maximum absolute atomic E-state index is 13.2. The first kappa shape index (κ1) is 21.3. The van der Waals surface area contributed by atoms with Gasteiger partial charge in [0.1, 0.15) is 0 Å². The van der Waals surface area contributed by atoms with Crippen LogP contribution in [0.2, 0.25) is 0 Å². The molecule has 8 nitrogen and oxygen atoms in total. The van der Waals surface area contributed by atoms with Crippen LogP contribution >= 0.6 is 0 Å². The van der Waals surface area contributed by atoms with Crippen LogP contribution in [0.3, 0.4) is 0 Å². The smallest absolute Gasteiger partial charge is 0.339 e. The number of aromatic nitrogens is 2. The molecule has 0 saturated carbocycles. The van der Waals surface area contributed by atoms with E-state index >= 15 is 0 Å². The Morgan fingerprint density at radius 2 is 1.77 bits per heavy atom. The fourth-order valence-corrected chi connectivity index (χ4v) is 4.47. The molecule has 0 atom stereocenters. The lowest BCUT2D eigenvalue weighted by molar-refractivity contribution is 0.0595. The fourth-order valence-electron chi connectivity index (χ4n) is 3.29. The van der Waals surface area contributed by atoms with E-state index < -0.39 is 21.6 Å². The lowest BCUT2D eigenvalue weighted by atomic mass is 9.91. The van der Waals surface area contributed by atoms with Crippen molar-refractivity contribution in [3.8, 4) is 17.0 Å². The molecule has 156 valence electrons. The number of ether oxygens (including phenoxy) is 1. The Labute approximate surface area is 173 Å². The number of aromatic hydroxyl groups is 1. The molecule has 0 aliphatic rings. The molecule has 1 N–H and O–H groups in total. The Bertz CT molecular complexity index is 1260. The van der Waals surface area contributed by atoms with Crippen molar-refractivity contribution in [3.63, 3.8) is 0 Å². The van der Waals surface area contributed by atoms with Gasteiger partial charge in [-0.3, -0.25) is 4.79 Å². The van der Waals surface area contributed by atoms with Gasteiger partial charge in [0.05, 0.1) is 29.3 Å². The van der Waals surface area contributed by atoms with Crippen molar-refractivity contribution in [2.45, 2.75) is 11.8 Å². The van der Waals surface area contributed by atoms with Crippen LogP contribution in [0.1, 0.15) is 31.8 Å². The molecule has 3 rings (SSSR count). The van der Waals surface area contributed by atoms with E-state index in [-0.39, 0.29) is 38.6 Å². The summed E-state index contributed by atoms with van der Waals surface area (Å²) in [5.41, 5.74) is 0.471. The third-order valence-corrected chi connectivity index (χ3v) is 5.94. The zero-order valence-electron chi connectivity index (χ0n) is 16.8. The Morgan fingerprint density at radius 1 is 1.13 bits per heavy atom. The summed E-state index contributed by atoms with van der Waals surface area (Å²) in [4.78, 5) is 25.5. The van der Waals surface area contributed by atoms with Crippen molar-refractivity contribution in [2.24, 2.45) is 7.05 Å². The molecular weight excluding hydrogens is 408 g/mol. The average molecular weight is 428 g/mol. The van der Waals surface area contributed by atoms with Gasteiger partial charge in [-0.05, 0) is 18.6 Å². The number of hydrogen-bond acceptors (Lipinski definition) is 7. The highest BCUT2D eigenvalue weighted by molar-refractivity contribution is 7.91. The van der Waals surface area contributed by atoms with Gasteiger partial charge in [-0.1, -0.05) is 30.3 Å². The molecule has 9 heteroatoms. The fraction of sp³-hybridized carbons (Fsp3) is 0.190. The lowest BCUT2D eigenvalue weighted by Crippen LogP contribution is -2.17. The predicted octanol–water partition coefficient (Wildman–Crippen LogP) is 2.52. The molecule has 0 unspecified atom stereocenters. The third-order valence-electron chi connectivity index (χ3n) is 4.78. The van der Waals surface area contributed by atoms with E-state index in [0.717, 1.165) is 18.0 Å². The molecular formula is C21H20N2O6S. The highest BCUT2D eigenvalue weighted by Crippen LogP contribution is 2.39. The van der Waals surface area contributed by atoms with E-state index in [9.17, 15) is 23.1 Å². The van der Waals surface area contributed by atoms with Crippen molar-refractivity contribution in [3.05, 3.63) is 64.8 Å². The van der Waals surface area contributed by atoms with Crippen LogP contribution in [0.4, 0.5) is 0 Å². The van der Waals surface area contributed by atoms with E-state index in [1.54, 1.807) is 30.3 Å². The largest absolute Gasteiger partial charge is 0.493 e. The first-order chi connectivity index (χ1) is 14.1. The van der Waals surface area contributed by atoms with Crippen molar-refractivity contribution < 1.29 is 27.9 Å². The van der Waals surface area contributed by atoms with Gasteiger partial charge in [0.2, 0.25) is 5.88 Å². The summed E-state index contributed by atoms with van der Waals surface area (Å²) in [6, 6.07) is 9.75. The zero-order valence-corrected chi connectivity index (χ0v) is 17.6. The van der Waals surface area contributed by atoms with Crippen LogP contribution in [0.5, 0.6) is 5.88 Å². The molecule has 1 heterocycles. The average Bonchev–Trinajstić information content (AvgIpc) is 3.05. The molecule has 3 aromatic rings. The number of hydrogen-bond donors (Lipinski definition) is 1. The number of methoxy groups -OCH3 is 1. The van der Waals surface area contributed by atoms with Crippen LogP contribution in [0, 0.1) is 6.92 Å². The number of sulfone groups is 1. The Kier molecular flexibility index (Phi) is 5.49. The van der Waals surface area contributed by atoms with Crippen molar-refractivity contribution >= 4 is 21.6 Å². The van der Waals surface area contributed by atoms with Gasteiger partial charge >= 0.3 is 5.97 Å². The zero-order chi connectivity index (χ0) is 22.2. The van der Waals surface area contributed by atoms with E-state index in [1.807, 2.05) is 0 Å².